The maximum absolute atomic E-state index is 11.8. The van der Waals surface area contributed by atoms with Crippen molar-refractivity contribution >= 4 is 176 Å². The highest BCUT2D eigenvalue weighted by Crippen LogP contribution is 2.25. The normalized spacial score (nSPS) is 9.82. The summed E-state index contributed by atoms with van der Waals surface area (Å²) in [5.74, 6) is -12.2. The van der Waals surface area contributed by atoms with E-state index in [1.807, 2.05) is 24.3 Å². The quantitative estimate of drug-likeness (QED) is 0.0595. The minimum absolute atomic E-state index is 0.0386. The molecule has 2 aromatic carbocycles. The highest BCUT2D eigenvalue weighted by atomic mass is 35.5. The molecule has 0 aliphatic rings. The Morgan fingerprint density at radius 1 is 0.264 bits per heavy atom. The van der Waals surface area contributed by atoms with Gasteiger partial charge in [-0.15, -0.1) is 92.8 Å². The van der Waals surface area contributed by atoms with Gasteiger partial charge in [0.1, 0.15) is 85.0 Å². The van der Waals surface area contributed by atoms with Gasteiger partial charge in [0.25, 0.3) is 0 Å². The molecular formula is C52H66Cl8O27. The molecule has 35 heteroatoms. The van der Waals surface area contributed by atoms with E-state index in [1.165, 1.54) is 28.4 Å². The zero-order valence-corrected chi connectivity index (χ0v) is 54.6. The molecule has 0 radical (unpaired) electrons. The molecule has 2 aromatic rings. The molecule has 0 fully saturated rings. The van der Waals surface area contributed by atoms with Crippen molar-refractivity contribution in [3.05, 3.63) is 59.7 Å². The van der Waals surface area contributed by atoms with Crippen LogP contribution in [0.2, 0.25) is 0 Å². The molecule has 492 valence electrons. The van der Waals surface area contributed by atoms with E-state index in [2.05, 4.69) is 88.9 Å². The van der Waals surface area contributed by atoms with Gasteiger partial charge in [-0.1, -0.05) is 65.8 Å². The largest absolute Gasteiger partial charge is 0.482 e. The first-order valence-corrected chi connectivity index (χ1v) is 28.0. The third kappa shape index (κ3) is 57.7. The van der Waals surface area contributed by atoms with Gasteiger partial charge < -0.3 is 61.6 Å². The molecule has 0 unspecified atom stereocenters. The zero-order chi connectivity index (χ0) is 68.1. The maximum atomic E-state index is 11.8. The smallest absolute Gasteiger partial charge is 0.351 e. The van der Waals surface area contributed by atoms with Crippen molar-refractivity contribution in [2.24, 2.45) is 0 Å². The molecule has 0 spiro atoms. The fourth-order valence-corrected chi connectivity index (χ4v) is 4.58. The summed E-state index contributed by atoms with van der Waals surface area (Å²) in [6.07, 6.45) is 0. The second-order valence-electron chi connectivity index (χ2n) is 16.8. The Kier molecular flexibility index (Phi) is 57.4. The third-order valence-electron chi connectivity index (χ3n) is 7.67. The monoisotopic (exact) mass is 1400 g/mol. The van der Waals surface area contributed by atoms with E-state index in [0.717, 1.165) is 11.1 Å². The second-order valence-corrected chi connectivity index (χ2v) is 19.0. The van der Waals surface area contributed by atoms with Gasteiger partial charge in [0.05, 0.1) is 0 Å². The van der Waals surface area contributed by atoms with Gasteiger partial charge in [-0.25, -0.2) is 28.8 Å². The van der Waals surface area contributed by atoms with E-state index >= 15 is 0 Å². The van der Waals surface area contributed by atoms with Crippen molar-refractivity contribution in [3.63, 3.8) is 0 Å². The molecule has 0 aliphatic heterocycles. The summed E-state index contributed by atoms with van der Waals surface area (Å²) in [6.45, 7) is 11.1. The van der Waals surface area contributed by atoms with Crippen molar-refractivity contribution in [1.29, 1.82) is 0 Å². The van der Waals surface area contributed by atoms with E-state index in [0.29, 0.717) is 11.5 Å². The lowest BCUT2D eigenvalue weighted by molar-refractivity contribution is -0.166. The molecule has 0 atom stereocenters. The summed E-state index contributed by atoms with van der Waals surface area (Å²) >= 11 is 39.9. The Bertz CT molecular complexity index is 2110. The molecule has 0 saturated heterocycles. The molecule has 0 N–H and O–H groups in total. The lowest BCUT2D eigenvalue weighted by Gasteiger charge is -2.19. The van der Waals surface area contributed by atoms with Gasteiger partial charge in [0.15, 0.2) is 13.2 Å². The van der Waals surface area contributed by atoms with Crippen LogP contribution in [0.15, 0.2) is 48.5 Å². The fourth-order valence-electron chi connectivity index (χ4n) is 4.14. The van der Waals surface area contributed by atoms with Gasteiger partial charge >= 0.3 is 83.6 Å². The average Bonchev–Trinajstić information content (AvgIpc) is 3.68. The van der Waals surface area contributed by atoms with Crippen LogP contribution in [0.5, 0.6) is 11.5 Å². The van der Waals surface area contributed by atoms with Crippen molar-refractivity contribution in [3.8, 4) is 11.5 Å². The van der Waals surface area contributed by atoms with Crippen LogP contribution in [0, 0.1) is 0 Å². The minimum atomic E-state index is -0.776. The average molecular weight is 1410 g/mol. The SMILES string of the molecule is CC(C)(C)c1ccc(OCC(=O)OC(=O)COc2ccc(C(C)(C)C)cc2)cc1.COCC(=O)OC(=O)COC.COCC(=O)OC(=O)COC.O=C(CCl)OC(=O)CCl.O=C(CCl)OC(=O)CCl.O=C(CCl)OC(=O)CCl.O=C(CCl)OC(=O)CCl. The second kappa shape index (κ2) is 55.5. The number of benzene rings is 2. The topological polar surface area (TPSA) is 359 Å². The Labute approximate surface area is 540 Å². The van der Waals surface area contributed by atoms with Gasteiger partial charge in [0, 0.05) is 28.4 Å². The number of esters is 14. The summed E-state index contributed by atoms with van der Waals surface area (Å²) in [5.41, 5.74) is 2.40. The molecule has 27 nitrogen and oxygen atoms in total. The molecule has 0 aromatic heterocycles. The molecule has 2 rings (SSSR count). The van der Waals surface area contributed by atoms with Crippen LogP contribution in [0.25, 0.3) is 0 Å². The number of alkyl halides is 8. The van der Waals surface area contributed by atoms with E-state index < -0.39 is 83.6 Å². The summed E-state index contributed by atoms with van der Waals surface area (Å²) in [5, 5.41) is 0. The van der Waals surface area contributed by atoms with Crippen LogP contribution >= 0.6 is 92.8 Å². The first kappa shape index (κ1) is 89.9. The molecule has 0 bridgehead atoms. The number of hydrogen-bond donors (Lipinski definition) is 0. The lowest BCUT2D eigenvalue weighted by atomic mass is 9.87. The molecular weight excluding hydrogens is 1340 g/mol. The number of carbonyl (C=O) groups is 14. The number of halogens is 8. The Morgan fingerprint density at radius 2 is 0.414 bits per heavy atom. The van der Waals surface area contributed by atoms with E-state index in [9.17, 15) is 67.1 Å². The standard InChI is InChI=1S/C24H30O5.2C6H10O5.4C4H4Cl2O3/c1-23(2,3)17-7-11-19(12-8-17)27-15-21(25)29-22(26)16-28-20-13-9-18(10-14-20)24(4,5)6;2*1-9-3-5(7)11-6(8)4-10-2;4*5-1-3(7)9-4(8)2-6/h7-14H,15-16H2,1-6H3;2*3-4H2,1-2H3;4*1-2H2. The number of carbonyl (C=O) groups excluding carboxylic acids is 14. The van der Waals surface area contributed by atoms with Crippen LogP contribution in [0.3, 0.4) is 0 Å². The van der Waals surface area contributed by atoms with Crippen LogP contribution in [-0.2, 0) is 130 Å². The number of ether oxygens (including phenoxy) is 13. The Balaban J connectivity index is -0.000000325. The Hall–Kier alpha value is -5.82. The fraction of sp³-hybridized carbons (Fsp3) is 0.500. The van der Waals surface area contributed by atoms with Crippen molar-refractivity contribution in [2.75, 3.05) is 115 Å². The highest BCUT2D eigenvalue weighted by molar-refractivity contribution is 6.31. The Morgan fingerprint density at radius 3 is 0.552 bits per heavy atom. The predicted octanol–water partition coefficient (Wildman–Crippen LogP) is 5.64. The van der Waals surface area contributed by atoms with Gasteiger partial charge in [-0.2, -0.15) is 0 Å². The minimum Gasteiger partial charge on any atom is -0.482 e. The first-order chi connectivity index (χ1) is 40.7. The summed E-state index contributed by atoms with van der Waals surface area (Å²) < 4.78 is 57.6. The first-order valence-electron chi connectivity index (χ1n) is 23.7. The number of methoxy groups -OCH3 is 4. The van der Waals surface area contributed by atoms with Gasteiger partial charge in [-0.05, 0) is 46.2 Å². The van der Waals surface area contributed by atoms with Crippen molar-refractivity contribution < 1.29 is 129 Å². The van der Waals surface area contributed by atoms with E-state index in [1.54, 1.807) is 24.3 Å². The zero-order valence-electron chi connectivity index (χ0n) is 48.6. The number of hydrogen-bond acceptors (Lipinski definition) is 27. The van der Waals surface area contributed by atoms with Gasteiger partial charge in [-0.3, -0.25) is 38.4 Å². The predicted molar refractivity (Wildman–Crippen MR) is 312 cm³/mol. The molecule has 0 amide bonds. The van der Waals surface area contributed by atoms with Crippen molar-refractivity contribution in [2.45, 2.75) is 52.4 Å². The molecule has 0 heterocycles. The van der Waals surface area contributed by atoms with Crippen LogP contribution in [0.1, 0.15) is 52.7 Å². The maximum Gasteiger partial charge on any atom is 0.351 e. The summed E-state index contributed by atoms with van der Waals surface area (Å²) in [7, 11) is 5.34. The summed E-state index contributed by atoms with van der Waals surface area (Å²) in [4.78, 5) is 147. The molecule has 0 aliphatic carbocycles. The van der Waals surface area contributed by atoms with Crippen molar-refractivity contribution in [1.82, 2.24) is 0 Å². The lowest BCUT2D eigenvalue weighted by Crippen LogP contribution is -2.23. The van der Waals surface area contributed by atoms with Gasteiger partial charge in [0.2, 0.25) is 0 Å². The van der Waals surface area contributed by atoms with Crippen LogP contribution in [0.4, 0.5) is 0 Å². The highest BCUT2D eigenvalue weighted by Gasteiger charge is 2.17. The third-order valence-corrected chi connectivity index (χ3v) is 9.42. The van der Waals surface area contributed by atoms with E-state index in [4.69, 9.17) is 107 Å². The number of rotatable bonds is 22. The van der Waals surface area contributed by atoms with E-state index in [-0.39, 0.29) is 97.5 Å². The van der Waals surface area contributed by atoms with Crippen LogP contribution in [-0.4, -0.2) is 199 Å². The van der Waals surface area contributed by atoms with Crippen LogP contribution < -0.4 is 9.47 Å². The molecule has 0 saturated carbocycles. The molecule has 87 heavy (non-hydrogen) atoms. The summed E-state index contributed by atoms with van der Waals surface area (Å²) in [6, 6.07) is 15.0.